The molecule has 0 aliphatic carbocycles. The Balaban J connectivity index is 0.00000289. The first kappa shape index (κ1) is 16.8. The van der Waals surface area contributed by atoms with Crippen molar-refractivity contribution >= 4 is 18.3 Å². The van der Waals surface area contributed by atoms with Crippen molar-refractivity contribution in [1.82, 2.24) is 5.32 Å². The highest BCUT2D eigenvalue weighted by atomic mass is 35.5. The minimum Gasteiger partial charge on any atom is -0.352 e. The Bertz CT molecular complexity index is 413. The Labute approximate surface area is 111 Å². The van der Waals surface area contributed by atoms with E-state index in [1.807, 2.05) is 0 Å². The maximum absolute atomic E-state index is 13.3. The van der Waals surface area contributed by atoms with Gasteiger partial charge in [0.1, 0.15) is 11.6 Å². The summed E-state index contributed by atoms with van der Waals surface area (Å²) in [6.45, 7) is 2.48. The van der Waals surface area contributed by atoms with Crippen LogP contribution in [0.2, 0.25) is 0 Å². The molecular weight excluding hydrogens is 262 g/mol. The van der Waals surface area contributed by atoms with Crippen LogP contribution in [0.4, 0.5) is 8.78 Å². The molecule has 6 heteroatoms. The van der Waals surface area contributed by atoms with Crippen LogP contribution in [-0.4, -0.2) is 19.0 Å². The van der Waals surface area contributed by atoms with Crippen LogP contribution < -0.4 is 11.1 Å². The monoisotopic (exact) mass is 278 g/mol. The van der Waals surface area contributed by atoms with Crippen molar-refractivity contribution in [3.63, 3.8) is 0 Å². The molecule has 0 saturated heterocycles. The summed E-state index contributed by atoms with van der Waals surface area (Å²) in [7, 11) is 0. The standard InChI is InChI=1S/C12H16F2N2O.ClH/c1-8-6-9(11(14)7-10(8)13)12(17)16-5-3-2-4-15;/h6-7H,2-5,15H2,1H3,(H,16,17);1H. The van der Waals surface area contributed by atoms with Gasteiger partial charge in [0, 0.05) is 12.6 Å². The van der Waals surface area contributed by atoms with E-state index in [-0.39, 0.29) is 23.5 Å². The predicted octanol–water partition coefficient (Wildman–Crippen LogP) is 2.16. The molecule has 0 unspecified atom stereocenters. The minimum atomic E-state index is -0.843. The van der Waals surface area contributed by atoms with Gasteiger partial charge in [-0.2, -0.15) is 0 Å². The summed E-state index contributed by atoms with van der Waals surface area (Å²) in [6.07, 6.45) is 1.54. The van der Waals surface area contributed by atoms with E-state index in [1.54, 1.807) is 0 Å². The molecule has 3 nitrogen and oxygen atoms in total. The molecule has 0 spiro atoms. The highest BCUT2D eigenvalue weighted by molar-refractivity contribution is 5.94. The SMILES string of the molecule is Cc1cc(C(=O)NCCCCN)c(F)cc1F.Cl. The first-order valence-electron chi connectivity index (χ1n) is 5.50. The molecule has 1 aromatic carbocycles. The van der Waals surface area contributed by atoms with Gasteiger partial charge in [0.2, 0.25) is 0 Å². The molecule has 0 heterocycles. The van der Waals surface area contributed by atoms with Gasteiger partial charge in [-0.15, -0.1) is 12.4 Å². The first-order chi connectivity index (χ1) is 8.06. The van der Waals surface area contributed by atoms with Gasteiger partial charge in [-0.3, -0.25) is 4.79 Å². The Morgan fingerprint density at radius 1 is 1.28 bits per heavy atom. The highest BCUT2D eigenvalue weighted by Gasteiger charge is 2.13. The maximum Gasteiger partial charge on any atom is 0.254 e. The number of carbonyl (C=O) groups excluding carboxylic acids is 1. The fourth-order valence-corrected chi connectivity index (χ4v) is 1.40. The van der Waals surface area contributed by atoms with Crippen molar-refractivity contribution in [3.8, 4) is 0 Å². The third-order valence-electron chi connectivity index (χ3n) is 2.41. The molecule has 1 rings (SSSR count). The lowest BCUT2D eigenvalue weighted by atomic mass is 10.1. The minimum absolute atomic E-state index is 0. The third-order valence-corrected chi connectivity index (χ3v) is 2.41. The fourth-order valence-electron chi connectivity index (χ4n) is 1.40. The van der Waals surface area contributed by atoms with E-state index in [1.165, 1.54) is 13.0 Å². The average molecular weight is 279 g/mol. The summed E-state index contributed by atoms with van der Waals surface area (Å²) in [4.78, 5) is 11.6. The predicted molar refractivity (Wildman–Crippen MR) is 69.0 cm³/mol. The van der Waals surface area contributed by atoms with Gasteiger partial charge in [0.15, 0.2) is 0 Å². The summed E-state index contributed by atoms with van der Waals surface area (Å²) < 4.78 is 26.3. The van der Waals surface area contributed by atoms with Gasteiger partial charge in [-0.25, -0.2) is 8.78 Å². The van der Waals surface area contributed by atoms with E-state index in [0.29, 0.717) is 13.1 Å². The molecular formula is C12H17ClF2N2O. The van der Waals surface area contributed by atoms with Gasteiger partial charge >= 0.3 is 0 Å². The second kappa shape index (κ2) is 8.00. The molecule has 0 bridgehead atoms. The lowest BCUT2D eigenvalue weighted by molar-refractivity contribution is 0.0949. The van der Waals surface area contributed by atoms with E-state index < -0.39 is 17.5 Å². The third kappa shape index (κ3) is 4.58. The van der Waals surface area contributed by atoms with Gasteiger partial charge in [0.25, 0.3) is 5.91 Å². The molecule has 0 atom stereocenters. The van der Waals surface area contributed by atoms with Gasteiger partial charge < -0.3 is 11.1 Å². The van der Waals surface area contributed by atoms with Crippen molar-refractivity contribution in [1.29, 1.82) is 0 Å². The normalized spacial score (nSPS) is 9.78. The number of hydrogen-bond acceptors (Lipinski definition) is 2. The second-order valence-corrected chi connectivity index (χ2v) is 3.83. The molecule has 0 aliphatic heterocycles. The number of amides is 1. The van der Waals surface area contributed by atoms with Crippen LogP contribution >= 0.6 is 12.4 Å². The lowest BCUT2D eigenvalue weighted by Gasteiger charge is -2.07. The molecule has 3 N–H and O–H groups in total. The van der Waals surface area contributed by atoms with Crippen molar-refractivity contribution < 1.29 is 13.6 Å². The first-order valence-corrected chi connectivity index (χ1v) is 5.50. The fraction of sp³-hybridized carbons (Fsp3) is 0.417. The summed E-state index contributed by atoms with van der Waals surface area (Å²) >= 11 is 0. The van der Waals surface area contributed by atoms with E-state index >= 15 is 0 Å². The van der Waals surface area contributed by atoms with Crippen molar-refractivity contribution in [2.75, 3.05) is 13.1 Å². The van der Waals surface area contributed by atoms with Gasteiger partial charge in [-0.1, -0.05) is 0 Å². The molecule has 0 aliphatic rings. The maximum atomic E-state index is 13.3. The van der Waals surface area contributed by atoms with Crippen LogP contribution in [0.1, 0.15) is 28.8 Å². The number of benzene rings is 1. The van der Waals surface area contributed by atoms with Crippen molar-refractivity contribution in [2.24, 2.45) is 5.73 Å². The number of halogens is 3. The summed E-state index contributed by atoms with van der Waals surface area (Å²) in [6, 6.07) is 1.94. The van der Waals surface area contributed by atoms with E-state index in [9.17, 15) is 13.6 Å². The summed E-state index contributed by atoms with van der Waals surface area (Å²) in [5, 5.41) is 2.56. The van der Waals surface area contributed by atoms with Crippen LogP contribution in [0, 0.1) is 18.6 Å². The van der Waals surface area contributed by atoms with Crippen LogP contribution in [0.25, 0.3) is 0 Å². The summed E-state index contributed by atoms with van der Waals surface area (Å²) in [5.74, 6) is -2.02. The molecule has 102 valence electrons. The number of rotatable bonds is 5. The van der Waals surface area contributed by atoms with Crippen molar-refractivity contribution in [3.05, 3.63) is 34.9 Å². The number of hydrogen-bond donors (Lipinski definition) is 2. The number of nitrogens with two attached hydrogens (primary N) is 1. The van der Waals surface area contributed by atoms with Crippen LogP contribution in [-0.2, 0) is 0 Å². The number of unbranched alkanes of at least 4 members (excludes halogenated alkanes) is 1. The molecule has 18 heavy (non-hydrogen) atoms. The second-order valence-electron chi connectivity index (χ2n) is 3.83. The summed E-state index contributed by atoms with van der Waals surface area (Å²) in [5.41, 5.74) is 5.42. The zero-order valence-corrected chi connectivity index (χ0v) is 10.9. The number of aryl methyl sites for hydroxylation is 1. The Hall–Kier alpha value is -1.20. The van der Waals surface area contributed by atoms with Crippen LogP contribution in [0.3, 0.4) is 0 Å². The smallest absolute Gasteiger partial charge is 0.254 e. The molecule has 0 aromatic heterocycles. The zero-order chi connectivity index (χ0) is 12.8. The van der Waals surface area contributed by atoms with Crippen LogP contribution in [0.15, 0.2) is 12.1 Å². The van der Waals surface area contributed by atoms with Crippen molar-refractivity contribution in [2.45, 2.75) is 19.8 Å². The van der Waals surface area contributed by atoms with E-state index in [0.717, 1.165) is 18.9 Å². The molecule has 0 fully saturated rings. The van der Waals surface area contributed by atoms with Gasteiger partial charge in [-0.05, 0) is 37.9 Å². The van der Waals surface area contributed by atoms with E-state index in [4.69, 9.17) is 5.73 Å². The Morgan fingerprint density at radius 3 is 2.56 bits per heavy atom. The van der Waals surface area contributed by atoms with Crippen LogP contribution in [0.5, 0.6) is 0 Å². The van der Waals surface area contributed by atoms with Gasteiger partial charge in [0.05, 0.1) is 5.56 Å². The highest BCUT2D eigenvalue weighted by Crippen LogP contribution is 2.13. The Kier molecular flexibility index (Phi) is 7.47. The Morgan fingerprint density at radius 2 is 1.94 bits per heavy atom. The van der Waals surface area contributed by atoms with E-state index in [2.05, 4.69) is 5.32 Å². The topological polar surface area (TPSA) is 55.1 Å². The quantitative estimate of drug-likeness (QED) is 0.811. The largest absolute Gasteiger partial charge is 0.352 e. The molecule has 1 aromatic rings. The number of nitrogens with one attached hydrogen (secondary N) is 1. The average Bonchev–Trinajstić information content (AvgIpc) is 2.29. The molecule has 0 radical (unpaired) electrons. The molecule has 0 saturated carbocycles. The lowest BCUT2D eigenvalue weighted by Crippen LogP contribution is -2.26. The zero-order valence-electron chi connectivity index (χ0n) is 10.1. The molecule has 1 amide bonds. The number of carbonyl (C=O) groups is 1.